The van der Waals surface area contributed by atoms with Crippen LogP contribution < -0.4 is 11.1 Å². The molecule has 0 atom stereocenters. The Morgan fingerprint density at radius 2 is 1.42 bits per heavy atom. The van der Waals surface area contributed by atoms with Gasteiger partial charge in [0.1, 0.15) is 23.0 Å². The summed E-state index contributed by atoms with van der Waals surface area (Å²) in [5.41, 5.74) is 8.42. The lowest BCUT2D eigenvalue weighted by molar-refractivity contribution is 0.520. The minimum atomic E-state index is -0.693. The van der Waals surface area contributed by atoms with E-state index in [4.69, 9.17) is 5.73 Å². The molecule has 0 unspecified atom stereocenters. The molecule has 26 heavy (non-hydrogen) atoms. The number of hydrogen-bond donors (Lipinski definition) is 2. The van der Waals surface area contributed by atoms with Crippen LogP contribution in [-0.2, 0) is 5.54 Å². The Bertz CT molecular complexity index is 918. The molecule has 1 aliphatic rings. The Morgan fingerprint density at radius 3 is 1.96 bits per heavy atom. The number of aliphatic imine (C=N–C) groups is 1. The average molecular weight is 349 g/mol. The van der Waals surface area contributed by atoms with Crippen LogP contribution in [0.15, 0.2) is 77.8 Å². The monoisotopic (exact) mass is 349 g/mol. The Morgan fingerprint density at radius 1 is 0.846 bits per heavy atom. The number of nitrogen functional groups attached to an aromatic ring is 1. The van der Waals surface area contributed by atoms with Crippen molar-refractivity contribution in [2.45, 2.75) is 5.54 Å². The van der Waals surface area contributed by atoms with Crippen molar-refractivity contribution in [1.29, 1.82) is 0 Å². The molecule has 130 valence electrons. The molecule has 3 nitrogen and oxygen atoms in total. The maximum atomic E-state index is 13.4. The third-order valence-electron chi connectivity index (χ3n) is 4.64. The third kappa shape index (κ3) is 2.81. The van der Waals surface area contributed by atoms with Crippen molar-refractivity contribution >= 4 is 11.5 Å². The van der Waals surface area contributed by atoms with Crippen LogP contribution in [0.2, 0.25) is 0 Å². The van der Waals surface area contributed by atoms with Crippen molar-refractivity contribution < 1.29 is 8.78 Å². The molecule has 3 N–H and O–H groups in total. The van der Waals surface area contributed by atoms with Crippen molar-refractivity contribution in [2.24, 2.45) is 4.99 Å². The van der Waals surface area contributed by atoms with Gasteiger partial charge < -0.3 is 11.1 Å². The van der Waals surface area contributed by atoms with E-state index in [0.717, 1.165) is 16.7 Å². The van der Waals surface area contributed by atoms with Crippen molar-refractivity contribution in [2.75, 3.05) is 12.3 Å². The normalized spacial score (nSPS) is 15.4. The molecule has 0 saturated heterocycles. The predicted molar refractivity (Wildman–Crippen MR) is 99.0 cm³/mol. The van der Waals surface area contributed by atoms with Gasteiger partial charge in [0.2, 0.25) is 0 Å². The third-order valence-corrected chi connectivity index (χ3v) is 4.64. The highest BCUT2D eigenvalue weighted by Crippen LogP contribution is 2.34. The number of nitrogens with two attached hydrogens (primary N) is 1. The lowest BCUT2D eigenvalue weighted by Crippen LogP contribution is -2.44. The van der Waals surface area contributed by atoms with Crippen LogP contribution in [0.1, 0.15) is 16.7 Å². The molecule has 0 fully saturated rings. The van der Waals surface area contributed by atoms with Gasteiger partial charge in [-0.25, -0.2) is 8.78 Å². The summed E-state index contributed by atoms with van der Waals surface area (Å²) in [6.45, 7) is 0.411. The summed E-state index contributed by atoms with van der Waals surface area (Å²) in [4.78, 5) is 4.66. The van der Waals surface area contributed by atoms with E-state index in [-0.39, 0.29) is 11.6 Å². The fourth-order valence-corrected chi connectivity index (χ4v) is 3.29. The van der Waals surface area contributed by atoms with Crippen LogP contribution in [0, 0.1) is 11.6 Å². The number of hydrogen-bond acceptors (Lipinski definition) is 3. The van der Waals surface area contributed by atoms with Gasteiger partial charge in [0.05, 0.1) is 6.54 Å². The number of nitrogens with one attached hydrogen (secondary N) is 1. The van der Waals surface area contributed by atoms with Gasteiger partial charge in [0, 0.05) is 11.3 Å². The van der Waals surface area contributed by atoms with Crippen molar-refractivity contribution in [1.82, 2.24) is 5.32 Å². The first-order valence-electron chi connectivity index (χ1n) is 8.27. The number of halogens is 2. The fraction of sp³-hybridized carbons (Fsp3) is 0.0952. The van der Waals surface area contributed by atoms with Gasteiger partial charge in [-0.05, 0) is 47.5 Å². The highest BCUT2D eigenvalue weighted by molar-refractivity contribution is 6.01. The van der Waals surface area contributed by atoms with Gasteiger partial charge in [-0.1, -0.05) is 36.4 Å². The van der Waals surface area contributed by atoms with E-state index in [9.17, 15) is 8.78 Å². The summed E-state index contributed by atoms with van der Waals surface area (Å²) in [5, 5.41) is 3.47. The highest BCUT2D eigenvalue weighted by Gasteiger charge is 2.39. The van der Waals surface area contributed by atoms with E-state index in [2.05, 4.69) is 10.3 Å². The van der Waals surface area contributed by atoms with Crippen molar-refractivity contribution in [3.8, 4) is 0 Å². The molecule has 3 aromatic rings. The number of nitrogens with zero attached hydrogens (tertiary/aromatic N) is 1. The Kier molecular flexibility index (Phi) is 3.92. The van der Waals surface area contributed by atoms with E-state index in [1.165, 1.54) is 24.3 Å². The first-order valence-corrected chi connectivity index (χ1v) is 8.27. The van der Waals surface area contributed by atoms with E-state index < -0.39 is 5.54 Å². The topological polar surface area (TPSA) is 50.4 Å². The number of rotatable bonds is 3. The van der Waals surface area contributed by atoms with Gasteiger partial charge in [0.15, 0.2) is 0 Å². The maximum Gasteiger partial charge on any atom is 0.129 e. The molecule has 0 bridgehead atoms. The zero-order valence-corrected chi connectivity index (χ0v) is 13.9. The molecule has 1 heterocycles. The van der Waals surface area contributed by atoms with Gasteiger partial charge in [0.25, 0.3) is 0 Å². The molecule has 0 aromatic heterocycles. The zero-order chi connectivity index (χ0) is 18.1. The molecule has 0 aliphatic carbocycles. The van der Waals surface area contributed by atoms with Crippen LogP contribution in [0.25, 0.3) is 0 Å². The van der Waals surface area contributed by atoms with E-state index >= 15 is 0 Å². The second kappa shape index (κ2) is 6.26. The van der Waals surface area contributed by atoms with Gasteiger partial charge in [-0.3, -0.25) is 4.99 Å². The number of amidine groups is 1. The fourth-order valence-electron chi connectivity index (χ4n) is 3.29. The van der Waals surface area contributed by atoms with Gasteiger partial charge >= 0.3 is 0 Å². The van der Waals surface area contributed by atoms with Crippen LogP contribution >= 0.6 is 0 Å². The summed E-state index contributed by atoms with van der Waals surface area (Å²) < 4.78 is 26.9. The van der Waals surface area contributed by atoms with E-state index in [0.29, 0.717) is 18.1 Å². The maximum absolute atomic E-state index is 13.4. The summed E-state index contributed by atoms with van der Waals surface area (Å²) in [6.07, 6.45) is 0. The van der Waals surface area contributed by atoms with Crippen LogP contribution in [0.3, 0.4) is 0 Å². The molecule has 4 rings (SSSR count). The standard InChI is InChI=1S/C21H17F2N3/c22-17-8-4-15(5-9-17)21(16-6-10-18(23)11-7-16)13-25-20(26-21)14-2-1-3-19(24)12-14/h1-12H,13,24H2,(H,25,26). The Hall–Kier alpha value is -3.21. The number of benzene rings is 3. The highest BCUT2D eigenvalue weighted by atomic mass is 19.1. The van der Waals surface area contributed by atoms with Crippen LogP contribution in [0.5, 0.6) is 0 Å². The minimum Gasteiger partial charge on any atom is -0.399 e. The summed E-state index contributed by atoms with van der Waals surface area (Å²) in [6, 6.07) is 20.0. The lowest BCUT2D eigenvalue weighted by Gasteiger charge is -2.31. The Balaban J connectivity index is 1.78. The molecule has 0 radical (unpaired) electrons. The van der Waals surface area contributed by atoms with Crippen molar-refractivity contribution in [3.63, 3.8) is 0 Å². The summed E-state index contributed by atoms with van der Waals surface area (Å²) in [5.74, 6) is 0.0851. The van der Waals surface area contributed by atoms with Crippen LogP contribution in [-0.4, -0.2) is 12.4 Å². The van der Waals surface area contributed by atoms with Gasteiger partial charge in [-0.15, -0.1) is 0 Å². The summed E-state index contributed by atoms with van der Waals surface area (Å²) in [7, 11) is 0. The molecular weight excluding hydrogens is 332 g/mol. The second-order valence-corrected chi connectivity index (χ2v) is 6.33. The molecule has 3 aromatic carbocycles. The van der Waals surface area contributed by atoms with E-state index in [1.54, 1.807) is 24.3 Å². The first kappa shape index (κ1) is 16.3. The molecule has 0 saturated carbocycles. The van der Waals surface area contributed by atoms with E-state index in [1.807, 2.05) is 24.3 Å². The molecule has 0 amide bonds. The average Bonchev–Trinajstić information content (AvgIpc) is 3.09. The quantitative estimate of drug-likeness (QED) is 0.706. The van der Waals surface area contributed by atoms with Gasteiger partial charge in [-0.2, -0.15) is 0 Å². The molecule has 5 heteroatoms. The largest absolute Gasteiger partial charge is 0.399 e. The Labute approximate surface area is 150 Å². The summed E-state index contributed by atoms with van der Waals surface area (Å²) >= 11 is 0. The number of anilines is 1. The van der Waals surface area contributed by atoms with Crippen LogP contribution in [0.4, 0.5) is 14.5 Å². The lowest BCUT2D eigenvalue weighted by atomic mass is 9.83. The molecular formula is C21H17F2N3. The predicted octanol–water partition coefficient (Wildman–Crippen LogP) is 3.84. The zero-order valence-electron chi connectivity index (χ0n) is 13.9. The molecule has 0 spiro atoms. The SMILES string of the molecule is Nc1cccc(C2=NCC(c3ccc(F)cc3)(c3ccc(F)cc3)N2)c1. The smallest absolute Gasteiger partial charge is 0.129 e. The minimum absolute atomic E-state index is 0.307. The van der Waals surface area contributed by atoms with Crippen molar-refractivity contribution in [3.05, 3.63) is 101 Å². The molecule has 1 aliphatic heterocycles. The first-order chi connectivity index (χ1) is 12.6. The second-order valence-electron chi connectivity index (χ2n) is 6.33.